The van der Waals surface area contributed by atoms with Gasteiger partial charge in [-0.1, -0.05) is 23.4 Å². The van der Waals surface area contributed by atoms with E-state index in [0.717, 1.165) is 0 Å². The molecule has 7 heteroatoms. The normalized spacial score (nSPS) is 10.9. The van der Waals surface area contributed by atoms with Crippen molar-refractivity contribution in [1.29, 1.82) is 0 Å². The van der Waals surface area contributed by atoms with E-state index in [-0.39, 0.29) is 22.6 Å². The van der Waals surface area contributed by atoms with Crippen LogP contribution in [0.25, 0.3) is 22.6 Å². The van der Waals surface area contributed by atoms with Crippen LogP contribution in [0.3, 0.4) is 0 Å². The number of hydrogen-bond acceptors (Lipinski definition) is 4. The van der Waals surface area contributed by atoms with Crippen molar-refractivity contribution in [2.45, 2.75) is 6.61 Å². The summed E-state index contributed by atoms with van der Waals surface area (Å²) in [5.74, 6) is -2.47. The van der Waals surface area contributed by atoms with Gasteiger partial charge in [-0.25, -0.2) is 13.2 Å². The predicted octanol–water partition coefficient (Wildman–Crippen LogP) is 5.71. The lowest BCUT2D eigenvalue weighted by Gasteiger charge is -2.06. The van der Waals surface area contributed by atoms with Crippen molar-refractivity contribution < 1.29 is 27.5 Å². The molecule has 4 aromatic rings. The predicted molar refractivity (Wildman–Crippen MR) is 99.7 cm³/mol. The van der Waals surface area contributed by atoms with Crippen molar-refractivity contribution in [1.82, 2.24) is 5.16 Å². The van der Waals surface area contributed by atoms with E-state index in [4.69, 9.17) is 9.26 Å². The van der Waals surface area contributed by atoms with Crippen LogP contribution in [0.2, 0.25) is 0 Å². The highest BCUT2D eigenvalue weighted by atomic mass is 19.2. The van der Waals surface area contributed by atoms with E-state index in [1.165, 1.54) is 0 Å². The molecule has 29 heavy (non-hydrogen) atoms. The summed E-state index contributed by atoms with van der Waals surface area (Å²) in [6, 6.07) is 17.1. The Morgan fingerprint density at radius 1 is 0.828 bits per heavy atom. The first-order chi connectivity index (χ1) is 14.1. The maximum absolute atomic E-state index is 14.1. The van der Waals surface area contributed by atoms with E-state index >= 15 is 0 Å². The molecule has 0 aliphatic heterocycles. The summed E-state index contributed by atoms with van der Waals surface area (Å²) in [6.45, 7) is -0.533. The molecule has 1 N–H and O–H groups in total. The number of halogens is 3. The summed E-state index contributed by atoms with van der Waals surface area (Å²) >= 11 is 0. The summed E-state index contributed by atoms with van der Waals surface area (Å²) < 4.78 is 51.7. The molecule has 0 amide bonds. The van der Waals surface area contributed by atoms with E-state index < -0.39 is 24.1 Å². The Morgan fingerprint density at radius 2 is 1.48 bits per heavy atom. The number of aliphatic hydroxyl groups is 1. The van der Waals surface area contributed by atoms with Gasteiger partial charge in [0.2, 0.25) is 0 Å². The van der Waals surface area contributed by atoms with E-state index in [2.05, 4.69) is 5.16 Å². The minimum atomic E-state index is -1.31. The van der Waals surface area contributed by atoms with Crippen molar-refractivity contribution in [2.75, 3.05) is 0 Å². The van der Waals surface area contributed by atoms with E-state index in [1.54, 1.807) is 24.3 Å². The third-order valence-electron chi connectivity index (χ3n) is 4.31. The molecule has 1 aromatic heterocycles. The zero-order valence-corrected chi connectivity index (χ0v) is 14.9. The summed E-state index contributed by atoms with van der Waals surface area (Å²) in [6.07, 6.45) is 0. The van der Waals surface area contributed by atoms with Crippen molar-refractivity contribution >= 4 is 0 Å². The number of nitrogens with zero attached hydrogens (tertiary/aromatic N) is 1. The van der Waals surface area contributed by atoms with Crippen molar-refractivity contribution in [2.24, 2.45) is 0 Å². The topological polar surface area (TPSA) is 55.5 Å². The number of rotatable bonds is 5. The maximum atomic E-state index is 14.1. The Morgan fingerprint density at radius 3 is 2.17 bits per heavy atom. The van der Waals surface area contributed by atoms with Crippen LogP contribution < -0.4 is 4.74 Å². The summed E-state index contributed by atoms with van der Waals surface area (Å²) in [5, 5.41) is 13.6. The van der Waals surface area contributed by atoms with Crippen molar-refractivity contribution in [3.63, 3.8) is 0 Å². The lowest BCUT2D eigenvalue weighted by molar-refractivity contribution is 0.281. The second kappa shape index (κ2) is 7.81. The molecule has 0 radical (unpaired) electrons. The smallest absolute Gasteiger partial charge is 0.176 e. The SMILES string of the molecule is OCc1c(-c2ccc(Oc3ccccc3)cc2)noc1-c1cc(F)c(F)cc1F. The minimum Gasteiger partial charge on any atom is -0.457 e. The molecule has 146 valence electrons. The minimum absolute atomic E-state index is 0.159. The van der Waals surface area contributed by atoms with Gasteiger partial charge in [0.1, 0.15) is 23.0 Å². The van der Waals surface area contributed by atoms with Crippen LogP contribution in [-0.2, 0) is 6.61 Å². The van der Waals surface area contributed by atoms with E-state index in [9.17, 15) is 18.3 Å². The molecule has 0 fully saturated rings. The second-order valence-electron chi connectivity index (χ2n) is 6.18. The Balaban J connectivity index is 1.67. The number of hydrogen-bond donors (Lipinski definition) is 1. The molecule has 4 nitrogen and oxygen atoms in total. The quantitative estimate of drug-likeness (QED) is 0.438. The Kier molecular flexibility index (Phi) is 5.05. The molecule has 0 atom stereocenters. The third kappa shape index (κ3) is 3.72. The van der Waals surface area contributed by atoms with Gasteiger partial charge >= 0.3 is 0 Å². The zero-order valence-electron chi connectivity index (χ0n) is 14.9. The van der Waals surface area contributed by atoms with Crippen LogP contribution >= 0.6 is 0 Å². The monoisotopic (exact) mass is 397 g/mol. The maximum Gasteiger partial charge on any atom is 0.176 e. The molecule has 0 aliphatic carbocycles. The van der Waals surface area contributed by atoms with Gasteiger partial charge in [-0.2, -0.15) is 0 Å². The van der Waals surface area contributed by atoms with Gasteiger partial charge in [0, 0.05) is 11.6 Å². The second-order valence-corrected chi connectivity index (χ2v) is 6.18. The number of benzene rings is 3. The third-order valence-corrected chi connectivity index (χ3v) is 4.31. The Hall–Kier alpha value is -3.58. The molecule has 0 saturated carbocycles. The molecule has 3 aromatic carbocycles. The largest absolute Gasteiger partial charge is 0.457 e. The molecule has 1 heterocycles. The van der Waals surface area contributed by atoms with Gasteiger partial charge in [-0.15, -0.1) is 0 Å². The highest BCUT2D eigenvalue weighted by molar-refractivity contribution is 5.73. The van der Waals surface area contributed by atoms with Gasteiger partial charge in [-0.05, 0) is 42.5 Å². The van der Waals surface area contributed by atoms with Gasteiger partial charge < -0.3 is 14.4 Å². The summed E-state index contributed by atoms with van der Waals surface area (Å²) in [5.41, 5.74) is 0.674. The van der Waals surface area contributed by atoms with Gasteiger partial charge in [0.05, 0.1) is 17.7 Å². The molecule has 0 spiro atoms. The van der Waals surface area contributed by atoms with E-state index in [0.29, 0.717) is 29.2 Å². The highest BCUT2D eigenvalue weighted by Gasteiger charge is 2.22. The van der Waals surface area contributed by atoms with Crippen LogP contribution in [0.15, 0.2) is 71.3 Å². The highest BCUT2D eigenvalue weighted by Crippen LogP contribution is 2.35. The molecule has 4 rings (SSSR count). The lowest BCUT2D eigenvalue weighted by Crippen LogP contribution is -1.94. The van der Waals surface area contributed by atoms with Crippen LogP contribution in [0.5, 0.6) is 11.5 Å². The molecule has 0 bridgehead atoms. The standard InChI is InChI=1S/C22H14F3NO3/c23-18-11-20(25)19(24)10-16(18)22-17(12-27)21(26-29-22)13-6-8-15(9-7-13)28-14-4-2-1-3-5-14/h1-11,27H,12H2. The van der Waals surface area contributed by atoms with E-state index in [1.807, 2.05) is 30.3 Å². The summed E-state index contributed by atoms with van der Waals surface area (Å²) in [7, 11) is 0. The van der Waals surface area contributed by atoms with Crippen LogP contribution in [0.4, 0.5) is 13.2 Å². The van der Waals surface area contributed by atoms with Crippen molar-refractivity contribution in [3.05, 3.63) is 89.7 Å². The average Bonchev–Trinajstić information content (AvgIpc) is 3.16. The first kappa shape index (κ1) is 18.8. The Labute approximate surface area is 163 Å². The fourth-order valence-corrected chi connectivity index (χ4v) is 2.90. The zero-order chi connectivity index (χ0) is 20.4. The molecular weight excluding hydrogens is 383 g/mol. The number of aliphatic hydroxyl groups excluding tert-OH is 1. The Bertz CT molecular complexity index is 1140. The summed E-state index contributed by atoms with van der Waals surface area (Å²) in [4.78, 5) is 0. The first-order valence-electron chi connectivity index (χ1n) is 8.64. The van der Waals surface area contributed by atoms with Gasteiger partial charge in [0.15, 0.2) is 17.4 Å². The fraction of sp³-hybridized carbons (Fsp3) is 0.0455. The molecule has 0 unspecified atom stereocenters. The number of para-hydroxylation sites is 1. The average molecular weight is 397 g/mol. The van der Waals surface area contributed by atoms with Crippen LogP contribution in [0.1, 0.15) is 5.56 Å². The molecule has 0 saturated heterocycles. The van der Waals surface area contributed by atoms with Crippen LogP contribution in [-0.4, -0.2) is 10.3 Å². The molecule has 0 aliphatic rings. The van der Waals surface area contributed by atoms with Gasteiger partial charge in [0.25, 0.3) is 0 Å². The molecular formula is C22H14F3NO3. The van der Waals surface area contributed by atoms with Crippen molar-refractivity contribution in [3.8, 4) is 34.1 Å². The number of ether oxygens (including phenoxy) is 1. The first-order valence-corrected chi connectivity index (χ1v) is 8.64. The lowest BCUT2D eigenvalue weighted by atomic mass is 10.0. The van der Waals surface area contributed by atoms with Gasteiger partial charge in [-0.3, -0.25) is 0 Å². The number of aromatic nitrogens is 1. The fourth-order valence-electron chi connectivity index (χ4n) is 2.90. The van der Waals surface area contributed by atoms with Crippen LogP contribution in [0, 0.1) is 17.5 Å².